The highest BCUT2D eigenvalue weighted by atomic mass is 19.1. The minimum Gasteiger partial charge on any atom is -0.367 e. The number of rotatable bonds is 2. The maximum atomic E-state index is 13.5. The van der Waals surface area contributed by atoms with Gasteiger partial charge in [0.15, 0.2) is 5.78 Å². The van der Waals surface area contributed by atoms with Gasteiger partial charge in [0.25, 0.3) is 0 Å². The Morgan fingerprint density at radius 3 is 2.81 bits per heavy atom. The fourth-order valence-corrected chi connectivity index (χ4v) is 2.00. The lowest BCUT2D eigenvalue weighted by atomic mass is 10.0. The number of benzene rings is 1. The SMILES string of the molecule is Cc1ccc(F)c(C(=O)C2CCC(C)O2)c1. The largest absolute Gasteiger partial charge is 0.367 e. The number of hydrogen-bond donors (Lipinski definition) is 0. The van der Waals surface area contributed by atoms with Crippen molar-refractivity contribution in [3.05, 3.63) is 35.1 Å². The highest BCUT2D eigenvalue weighted by Crippen LogP contribution is 2.23. The number of halogens is 1. The Morgan fingerprint density at radius 1 is 1.44 bits per heavy atom. The molecular weight excluding hydrogens is 207 g/mol. The Balaban J connectivity index is 2.23. The lowest BCUT2D eigenvalue weighted by molar-refractivity contribution is 0.0430. The fraction of sp³-hybridized carbons (Fsp3) is 0.462. The van der Waals surface area contributed by atoms with Crippen LogP contribution in [0.1, 0.15) is 35.7 Å². The van der Waals surface area contributed by atoms with E-state index in [0.717, 1.165) is 12.0 Å². The molecule has 1 aromatic rings. The molecule has 0 spiro atoms. The number of ether oxygens (including phenoxy) is 1. The lowest BCUT2D eigenvalue weighted by Crippen LogP contribution is -2.22. The van der Waals surface area contributed by atoms with E-state index in [1.807, 2.05) is 13.8 Å². The molecule has 3 heteroatoms. The second kappa shape index (κ2) is 4.34. The van der Waals surface area contributed by atoms with Gasteiger partial charge in [0, 0.05) is 0 Å². The van der Waals surface area contributed by atoms with Gasteiger partial charge in [0.1, 0.15) is 11.9 Å². The Bertz CT molecular complexity index is 414. The van der Waals surface area contributed by atoms with E-state index < -0.39 is 11.9 Å². The predicted octanol–water partition coefficient (Wildman–Crippen LogP) is 2.88. The molecule has 0 radical (unpaired) electrons. The Morgan fingerprint density at radius 2 is 2.19 bits per heavy atom. The lowest BCUT2D eigenvalue weighted by Gasteiger charge is -2.11. The molecule has 0 saturated carbocycles. The molecule has 86 valence electrons. The molecule has 2 atom stereocenters. The van der Waals surface area contributed by atoms with Gasteiger partial charge in [-0.3, -0.25) is 4.79 Å². The van der Waals surface area contributed by atoms with E-state index in [9.17, 15) is 9.18 Å². The summed E-state index contributed by atoms with van der Waals surface area (Å²) in [4.78, 5) is 12.0. The van der Waals surface area contributed by atoms with Crippen molar-refractivity contribution in [3.8, 4) is 0 Å². The fourth-order valence-electron chi connectivity index (χ4n) is 2.00. The van der Waals surface area contributed by atoms with Crippen LogP contribution in [0.3, 0.4) is 0 Å². The van der Waals surface area contributed by atoms with E-state index in [-0.39, 0.29) is 17.5 Å². The quantitative estimate of drug-likeness (QED) is 0.719. The van der Waals surface area contributed by atoms with Crippen molar-refractivity contribution < 1.29 is 13.9 Å². The van der Waals surface area contributed by atoms with E-state index in [0.29, 0.717) is 6.42 Å². The van der Waals surface area contributed by atoms with Gasteiger partial charge < -0.3 is 4.74 Å². The molecule has 2 nitrogen and oxygen atoms in total. The molecular formula is C13H15FO2. The summed E-state index contributed by atoms with van der Waals surface area (Å²) in [5, 5.41) is 0. The standard InChI is InChI=1S/C13H15FO2/c1-8-3-5-11(14)10(7-8)13(15)12-6-4-9(2)16-12/h3,5,7,9,12H,4,6H2,1-2H3. The van der Waals surface area contributed by atoms with Crippen molar-refractivity contribution >= 4 is 5.78 Å². The van der Waals surface area contributed by atoms with Crippen LogP contribution in [0, 0.1) is 12.7 Å². The highest BCUT2D eigenvalue weighted by molar-refractivity contribution is 6.00. The second-order valence-electron chi connectivity index (χ2n) is 4.36. The molecule has 16 heavy (non-hydrogen) atoms. The van der Waals surface area contributed by atoms with Gasteiger partial charge in [0.2, 0.25) is 0 Å². The van der Waals surface area contributed by atoms with Crippen LogP contribution in [0.2, 0.25) is 0 Å². The van der Waals surface area contributed by atoms with Crippen LogP contribution in [-0.2, 0) is 4.74 Å². The van der Waals surface area contributed by atoms with Crippen LogP contribution >= 0.6 is 0 Å². The van der Waals surface area contributed by atoms with E-state index in [4.69, 9.17) is 4.74 Å². The predicted molar refractivity (Wildman–Crippen MR) is 59.0 cm³/mol. The van der Waals surface area contributed by atoms with Gasteiger partial charge >= 0.3 is 0 Å². The minimum atomic E-state index is -0.466. The highest BCUT2D eigenvalue weighted by Gasteiger charge is 2.30. The van der Waals surface area contributed by atoms with Crippen LogP contribution in [0.4, 0.5) is 4.39 Å². The first kappa shape index (κ1) is 11.3. The zero-order valence-corrected chi connectivity index (χ0v) is 9.50. The Hall–Kier alpha value is -1.22. The summed E-state index contributed by atoms with van der Waals surface area (Å²) < 4.78 is 19.0. The molecule has 1 aliphatic rings. The third-order valence-electron chi connectivity index (χ3n) is 2.91. The zero-order valence-electron chi connectivity index (χ0n) is 9.50. The summed E-state index contributed by atoms with van der Waals surface area (Å²) in [5.74, 6) is -0.690. The van der Waals surface area contributed by atoms with Crippen molar-refractivity contribution in [2.24, 2.45) is 0 Å². The number of aryl methyl sites for hydroxylation is 1. The van der Waals surface area contributed by atoms with Crippen LogP contribution in [0.25, 0.3) is 0 Å². The molecule has 0 aliphatic carbocycles. The van der Waals surface area contributed by atoms with Crippen molar-refractivity contribution in [3.63, 3.8) is 0 Å². The van der Waals surface area contributed by atoms with E-state index >= 15 is 0 Å². The first-order chi connectivity index (χ1) is 7.58. The molecule has 1 aromatic carbocycles. The Labute approximate surface area is 94.4 Å². The zero-order chi connectivity index (χ0) is 11.7. The average molecular weight is 222 g/mol. The third-order valence-corrected chi connectivity index (χ3v) is 2.91. The summed E-state index contributed by atoms with van der Waals surface area (Å²) in [7, 11) is 0. The molecule has 0 aromatic heterocycles. The number of carbonyl (C=O) groups excluding carboxylic acids is 1. The summed E-state index contributed by atoms with van der Waals surface area (Å²) in [6, 6.07) is 4.58. The average Bonchev–Trinajstić information content (AvgIpc) is 2.67. The van der Waals surface area contributed by atoms with Crippen molar-refractivity contribution in [2.75, 3.05) is 0 Å². The van der Waals surface area contributed by atoms with Gasteiger partial charge in [-0.05, 0) is 38.8 Å². The molecule has 1 fully saturated rings. The van der Waals surface area contributed by atoms with Gasteiger partial charge in [-0.2, -0.15) is 0 Å². The number of Topliss-reactive ketones (excluding diaryl/α,β-unsaturated/α-hetero) is 1. The molecule has 0 bridgehead atoms. The van der Waals surface area contributed by atoms with Crippen LogP contribution < -0.4 is 0 Å². The normalized spacial score (nSPS) is 24.7. The maximum absolute atomic E-state index is 13.5. The van der Waals surface area contributed by atoms with E-state index in [1.165, 1.54) is 6.07 Å². The topological polar surface area (TPSA) is 26.3 Å². The number of carbonyl (C=O) groups is 1. The van der Waals surface area contributed by atoms with E-state index in [1.54, 1.807) is 12.1 Å². The monoisotopic (exact) mass is 222 g/mol. The third kappa shape index (κ3) is 2.14. The molecule has 1 aliphatic heterocycles. The second-order valence-corrected chi connectivity index (χ2v) is 4.36. The molecule has 1 saturated heterocycles. The van der Waals surface area contributed by atoms with E-state index in [2.05, 4.69) is 0 Å². The van der Waals surface area contributed by atoms with Gasteiger partial charge in [-0.15, -0.1) is 0 Å². The first-order valence-corrected chi connectivity index (χ1v) is 5.54. The van der Waals surface area contributed by atoms with Crippen molar-refractivity contribution in [2.45, 2.75) is 38.9 Å². The van der Waals surface area contributed by atoms with Gasteiger partial charge in [0.05, 0.1) is 11.7 Å². The minimum absolute atomic E-state index is 0.0989. The van der Waals surface area contributed by atoms with Crippen LogP contribution in [0.15, 0.2) is 18.2 Å². The summed E-state index contributed by atoms with van der Waals surface area (Å²) in [6.07, 6.45) is 1.19. The molecule has 1 heterocycles. The Kier molecular flexibility index (Phi) is 3.06. The van der Waals surface area contributed by atoms with Crippen LogP contribution in [0.5, 0.6) is 0 Å². The molecule has 2 rings (SSSR count). The van der Waals surface area contributed by atoms with Crippen molar-refractivity contribution in [1.82, 2.24) is 0 Å². The summed E-state index contributed by atoms with van der Waals surface area (Å²) in [5.41, 5.74) is 1.04. The van der Waals surface area contributed by atoms with Gasteiger partial charge in [-0.25, -0.2) is 4.39 Å². The molecule has 0 N–H and O–H groups in total. The summed E-state index contributed by atoms with van der Waals surface area (Å²) >= 11 is 0. The molecule has 2 unspecified atom stereocenters. The first-order valence-electron chi connectivity index (χ1n) is 5.54. The van der Waals surface area contributed by atoms with Crippen molar-refractivity contribution in [1.29, 1.82) is 0 Å². The smallest absolute Gasteiger partial charge is 0.194 e. The number of ketones is 1. The van der Waals surface area contributed by atoms with Gasteiger partial charge in [-0.1, -0.05) is 11.6 Å². The number of hydrogen-bond acceptors (Lipinski definition) is 2. The maximum Gasteiger partial charge on any atom is 0.194 e. The van der Waals surface area contributed by atoms with Crippen LogP contribution in [-0.4, -0.2) is 18.0 Å². The molecule has 0 amide bonds. The summed E-state index contributed by atoms with van der Waals surface area (Å²) in [6.45, 7) is 3.77.